The molecule has 116 valence electrons. The van der Waals surface area contributed by atoms with Gasteiger partial charge >= 0.3 is 0 Å². The lowest BCUT2D eigenvalue weighted by Crippen LogP contribution is -2.20. The van der Waals surface area contributed by atoms with E-state index < -0.39 is 10.8 Å². The van der Waals surface area contributed by atoms with E-state index >= 15 is 0 Å². The Morgan fingerprint density at radius 3 is 2.68 bits per heavy atom. The molecule has 0 fully saturated rings. The highest BCUT2D eigenvalue weighted by molar-refractivity contribution is 7.84. The summed E-state index contributed by atoms with van der Waals surface area (Å²) < 4.78 is 17.2. The quantitative estimate of drug-likeness (QED) is 0.891. The normalized spacial score (nSPS) is 11.7. The standard InChI is InChI=1S/C17H19NO3S/c1-13-5-3-6-14(9-13)11-22(20)12-17(19)18-15-7-4-8-16(10-15)21-2/h3-10H,11-12H2,1-2H3,(H,18,19). The minimum Gasteiger partial charge on any atom is -0.497 e. The summed E-state index contributed by atoms with van der Waals surface area (Å²) in [6.07, 6.45) is 0. The van der Waals surface area contributed by atoms with E-state index in [1.54, 1.807) is 31.4 Å². The molecule has 1 unspecified atom stereocenters. The zero-order valence-electron chi connectivity index (χ0n) is 12.7. The summed E-state index contributed by atoms with van der Waals surface area (Å²) in [5.74, 6) is 0.760. The van der Waals surface area contributed by atoms with E-state index in [9.17, 15) is 9.00 Å². The highest BCUT2D eigenvalue weighted by Crippen LogP contribution is 2.16. The zero-order valence-corrected chi connectivity index (χ0v) is 13.5. The van der Waals surface area contributed by atoms with Crippen LogP contribution in [0.1, 0.15) is 11.1 Å². The maximum Gasteiger partial charge on any atom is 0.237 e. The molecular weight excluding hydrogens is 298 g/mol. The van der Waals surface area contributed by atoms with Gasteiger partial charge in [-0.25, -0.2) is 0 Å². The number of amides is 1. The van der Waals surface area contributed by atoms with Gasteiger partial charge in [0.1, 0.15) is 11.5 Å². The topological polar surface area (TPSA) is 55.4 Å². The van der Waals surface area contributed by atoms with E-state index in [1.165, 1.54) is 0 Å². The number of methoxy groups -OCH3 is 1. The number of benzene rings is 2. The predicted molar refractivity (Wildman–Crippen MR) is 89.5 cm³/mol. The van der Waals surface area contributed by atoms with Crippen LogP contribution in [0.15, 0.2) is 48.5 Å². The molecule has 2 aromatic rings. The minimum atomic E-state index is -1.23. The molecule has 2 aromatic carbocycles. The van der Waals surface area contributed by atoms with Gasteiger partial charge < -0.3 is 10.1 Å². The van der Waals surface area contributed by atoms with Crippen molar-refractivity contribution in [3.8, 4) is 5.75 Å². The first-order valence-corrected chi connectivity index (χ1v) is 8.40. The first-order chi connectivity index (χ1) is 10.6. The smallest absolute Gasteiger partial charge is 0.237 e. The van der Waals surface area contributed by atoms with Crippen LogP contribution in [0.3, 0.4) is 0 Å². The summed E-state index contributed by atoms with van der Waals surface area (Å²) in [6, 6.07) is 14.9. The van der Waals surface area contributed by atoms with Crippen LogP contribution in [0, 0.1) is 6.92 Å². The van der Waals surface area contributed by atoms with Crippen molar-refractivity contribution in [3.63, 3.8) is 0 Å². The van der Waals surface area contributed by atoms with Crippen LogP contribution in [0.2, 0.25) is 0 Å². The molecule has 2 rings (SSSR count). The monoisotopic (exact) mass is 317 g/mol. The fourth-order valence-corrected chi connectivity index (χ4v) is 3.10. The number of hydrogen-bond donors (Lipinski definition) is 1. The number of carbonyl (C=O) groups excluding carboxylic acids is 1. The average molecular weight is 317 g/mol. The Balaban J connectivity index is 1.89. The van der Waals surface area contributed by atoms with Gasteiger partial charge in [-0.1, -0.05) is 35.9 Å². The van der Waals surface area contributed by atoms with Gasteiger partial charge in [0.05, 0.1) is 7.11 Å². The molecule has 0 bridgehead atoms. The Hall–Kier alpha value is -2.14. The lowest BCUT2D eigenvalue weighted by Gasteiger charge is -2.07. The maximum absolute atomic E-state index is 12.1. The van der Waals surface area contributed by atoms with E-state index in [2.05, 4.69) is 5.32 Å². The second-order valence-corrected chi connectivity index (χ2v) is 6.45. The number of rotatable bonds is 6. The van der Waals surface area contributed by atoms with Crippen LogP contribution in [-0.2, 0) is 21.3 Å². The molecule has 0 spiro atoms. The maximum atomic E-state index is 12.1. The van der Waals surface area contributed by atoms with Crippen LogP contribution in [-0.4, -0.2) is 23.0 Å². The summed E-state index contributed by atoms with van der Waals surface area (Å²) in [4.78, 5) is 11.9. The number of nitrogens with one attached hydrogen (secondary N) is 1. The van der Waals surface area contributed by atoms with Crippen molar-refractivity contribution in [3.05, 3.63) is 59.7 Å². The summed E-state index contributed by atoms with van der Waals surface area (Å²) in [7, 11) is 0.334. The molecule has 0 aliphatic carbocycles. The van der Waals surface area contributed by atoms with Crippen LogP contribution < -0.4 is 10.1 Å². The Bertz CT molecular complexity index is 685. The van der Waals surface area contributed by atoms with Gasteiger partial charge in [0.15, 0.2) is 0 Å². The molecular formula is C17H19NO3S. The fraction of sp³-hybridized carbons (Fsp3) is 0.235. The predicted octanol–water partition coefficient (Wildman–Crippen LogP) is 2.89. The lowest BCUT2D eigenvalue weighted by molar-refractivity contribution is -0.113. The average Bonchev–Trinajstić information content (AvgIpc) is 2.47. The van der Waals surface area contributed by atoms with Crippen molar-refractivity contribution in [1.29, 1.82) is 0 Å². The SMILES string of the molecule is COc1cccc(NC(=O)CS(=O)Cc2cccc(C)c2)c1. The van der Waals surface area contributed by atoms with Crippen LogP contribution in [0.5, 0.6) is 5.75 Å². The van der Waals surface area contributed by atoms with Crippen molar-refractivity contribution in [2.24, 2.45) is 0 Å². The Morgan fingerprint density at radius 1 is 1.18 bits per heavy atom. The van der Waals surface area contributed by atoms with Gasteiger partial charge in [0.25, 0.3) is 0 Å². The molecule has 1 amide bonds. The summed E-state index contributed by atoms with van der Waals surface area (Å²) in [6.45, 7) is 1.99. The van der Waals surface area contributed by atoms with Crippen LogP contribution >= 0.6 is 0 Å². The molecule has 0 saturated heterocycles. The molecule has 0 aliphatic rings. The Labute approximate surface area is 133 Å². The minimum absolute atomic E-state index is 0.0227. The van der Waals surface area contributed by atoms with Gasteiger partial charge in [-0.15, -0.1) is 0 Å². The molecule has 5 heteroatoms. The van der Waals surface area contributed by atoms with Crippen LogP contribution in [0.4, 0.5) is 5.69 Å². The first kappa shape index (κ1) is 16.2. The number of anilines is 1. The molecule has 1 atom stereocenters. The summed E-state index contributed by atoms with van der Waals surface area (Å²) in [5.41, 5.74) is 2.74. The molecule has 0 saturated carbocycles. The second kappa shape index (κ2) is 7.75. The molecule has 22 heavy (non-hydrogen) atoms. The van der Waals surface area contributed by atoms with Gasteiger partial charge in [-0.2, -0.15) is 0 Å². The van der Waals surface area contributed by atoms with Crippen LogP contribution in [0.25, 0.3) is 0 Å². The lowest BCUT2D eigenvalue weighted by atomic mass is 10.2. The second-order valence-electron chi connectivity index (χ2n) is 5.00. The number of hydrogen-bond acceptors (Lipinski definition) is 3. The van der Waals surface area contributed by atoms with E-state index in [4.69, 9.17) is 4.74 Å². The van der Waals surface area contributed by atoms with E-state index in [0.29, 0.717) is 17.2 Å². The number of ether oxygens (including phenoxy) is 1. The van der Waals surface area contributed by atoms with Gasteiger partial charge in [0, 0.05) is 28.3 Å². The first-order valence-electron chi connectivity index (χ1n) is 6.91. The third-order valence-corrected chi connectivity index (χ3v) is 4.30. The molecule has 0 radical (unpaired) electrons. The number of aryl methyl sites for hydroxylation is 1. The summed E-state index contributed by atoms with van der Waals surface area (Å²) >= 11 is 0. The Kier molecular flexibility index (Phi) is 5.72. The molecule has 4 nitrogen and oxygen atoms in total. The van der Waals surface area contributed by atoms with E-state index in [1.807, 2.05) is 31.2 Å². The fourth-order valence-electron chi connectivity index (χ4n) is 2.08. The molecule has 0 aromatic heterocycles. The largest absolute Gasteiger partial charge is 0.497 e. The molecule has 1 N–H and O–H groups in total. The van der Waals surface area contributed by atoms with E-state index in [0.717, 1.165) is 11.1 Å². The van der Waals surface area contributed by atoms with Crippen molar-refractivity contribution >= 4 is 22.4 Å². The van der Waals surface area contributed by atoms with E-state index in [-0.39, 0.29) is 11.7 Å². The van der Waals surface area contributed by atoms with Crippen molar-refractivity contribution in [1.82, 2.24) is 0 Å². The van der Waals surface area contributed by atoms with Crippen molar-refractivity contribution < 1.29 is 13.7 Å². The highest BCUT2D eigenvalue weighted by Gasteiger charge is 2.09. The van der Waals surface area contributed by atoms with Gasteiger partial charge in [0.2, 0.25) is 5.91 Å². The summed E-state index contributed by atoms with van der Waals surface area (Å²) in [5, 5.41) is 2.73. The van der Waals surface area contributed by atoms with Crippen molar-refractivity contribution in [2.45, 2.75) is 12.7 Å². The third-order valence-electron chi connectivity index (χ3n) is 3.06. The van der Waals surface area contributed by atoms with Gasteiger partial charge in [-0.05, 0) is 24.6 Å². The van der Waals surface area contributed by atoms with Gasteiger partial charge in [-0.3, -0.25) is 9.00 Å². The third kappa shape index (κ3) is 5.00. The molecule has 0 aliphatic heterocycles. The van der Waals surface area contributed by atoms with Crippen molar-refractivity contribution in [2.75, 3.05) is 18.2 Å². The molecule has 0 heterocycles. The Morgan fingerprint density at radius 2 is 1.95 bits per heavy atom. The zero-order chi connectivity index (χ0) is 15.9. The number of carbonyl (C=O) groups is 1. The highest BCUT2D eigenvalue weighted by atomic mass is 32.2.